The minimum atomic E-state index is 0.213. The van der Waals surface area contributed by atoms with Crippen LogP contribution in [0.4, 0.5) is 0 Å². The number of ether oxygens (including phenoxy) is 3. The van der Waals surface area contributed by atoms with Crippen LogP contribution < -0.4 is 4.74 Å². The Morgan fingerprint density at radius 1 is 0.880 bits per heavy atom. The molecular formula is C21H34O4. The lowest BCUT2D eigenvalue weighted by Crippen LogP contribution is -2.12. The number of unbranched alkanes of at least 4 members (excludes halogenated alkanes) is 2. The predicted octanol–water partition coefficient (Wildman–Crippen LogP) is 4.83. The van der Waals surface area contributed by atoms with Gasteiger partial charge in [0.15, 0.2) is 5.78 Å². The molecule has 1 rings (SSSR count). The fraction of sp³-hybridized carbons (Fsp3) is 0.667. The van der Waals surface area contributed by atoms with Gasteiger partial charge in [0.2, 0.25) is 0 Å². The molecule has 1 aromatic rings. The molecule has 0 fully saturated rings. The van der Waals surface area contributed by atoms with E-state index in [2.05, 4.69) is 20.8 Å². The molecule has 0 radical (unpaired) electrons. The standard InChI is InChI=1S/C21H34O4/c1-4-7-11-20(22)19-10-9-12-21(18(19)6-3)25-17-16-24-15-14-23-13-8-5-2/h9-10,12H,4-8,11,13-17H2,1-3H3. The molecule has 0 aliphatic rings. The monoisotopic (exact) mass is 350 g/mol. The van der Waals surface area contributed by atoms with Crippen molar-refractivity contribution < 1.29 is 19.0 Å². The van der Waals surface area contributed by atoms with Crippen LogP contribution in [0.25, 0.3) is 0 Å². The molecule has 0 atom stereocenters. The van der Waals surface area contributed by atoms with E-state index in [4.69, 9.17) is 14.2 Å². The summed E-state index contributed by atoms with van der Waals surface area (Å²) in [7, 11) is 0. The summed E-state index contributed by atoms with van der Waals surface area (Å²) in [6, 6.07) is 5.74. The van der Waals surface area contributed by atoms with Crippen molar-refractivity contribution in [3.63, 3.8) is 0 Å². The van der Waals surface area contributed by atoms with Gasteiger partial charge in [-0.05, 0) is 25.3 Å². The summed E-state index contributed by atoms with van der Waals surface area (Å²) in [5.74, 6) is 1.01. The van der Waals surface area contributed by atoms with Gasteiger partial charge in [-0.15, -0.1) is 0 Å². The highest BCUT2D eigenvalue weighted by atomic mass is 16.5. The number of Topliss-reactive ketones (excluding diaryl/α,β-unsaturated/α-hetero) is 1. The van der Waals surface area contributed by atoms with Crippen LogP contribution in [0.2, 0.25) is 0 Å². The van der Waals surface area contributed by atoms with Crippen LogP contribution in [-0.2, 0) is 15.9 Å². The second-order valence-corrected chi connectivity index (χ2v) is 6.09. The molecule has 0 saturated heterocycles. The zero-order chi connectivity index (χ0) is 18.3. The summed E-state index contributed by atoms with van der Waals surface area (Å²) < 4.78 is 16.8. The fourth-order valence-electron chi connectivity index (χ4n) is 2.58. The average Bonchev–Trinajstić information content (AvgIpc) is 2.64. The van der Waals surface area contributed by atoms with Gasteiger partial charge < -0.3 is 14.2 Å². The van der Waals surface area contributed by atoms with E-state index in [-0.39, 0.29) is 5.78 Å². The largest absolute Gasteiger partial charge is 0.491 e. The highest BCUT2D eigenvalue weighted by Gasteiger charge is 2.14. The van der Waals surface area contributed by atoms with Crippen LogP contribution in [-0.4, -0.2) is 38.8 Å². The number of rotatable bonds is 15. The van der Waals surface area contributed by atoms with E-state index in [0.717, 1.165) is 55.6 Å². The zero-order valence-electron chi connectivity index (χ0n) is 16.1. The minimum absolute atomic E-state index is 0.213. The summed E-state index contributed by atoms with van der Waals surface area (Å²) in [4.78, 5) is 12.4. The maximum absolute atomic E-state index is 12.4. The van der Waals surface area contributed by atoms with E-state index in [0.29, 0.717) is 32.8 Å². The van der Waals surface area contributed by atoms with Crippen LogP contribution in [0.1, 0.15) is 68.8 Å². The van der Waals surface area contributed by atoms with Crippen molar-refractivity contribution in [3.05, 3.63) is 29.3 Å². The summed E-state index contributed by atoms with van der Waals surface area (Å²) in [5.41, 5.74) is 1.81. The molecule has 0 aliphatic carbocycles. The quantitative estimate of drug-likeness (QED) is 0.335. The van der Waals surface area contributed by atoms with Crippen molar-refractivity contribution in [3.8, 4) is 5.75 Å². The van der Waals surface area contributed by atoms with Gasteiger partial charge in [-0.3, -0.25) is 4.79 Å². The Morgan fingerprint density at radius 2 is 1.56 bits per heavy atom. The Hall–Kier alpha value is -1.39. The first kappa shape index (κ1) is 21.7. The lowest BCUT2D eigenvalue weighted by atomic mass is 9.97. The molecule has 25 heavy (non-hydrogen) atoms. The van der Waals surface area contributed by atoms with Gasteiger partial charge in [0.25, 0.3) is 0 Å². The van der Waals surface area contributed by atoms with E-state index in [9.17, 15) is 4.79 Å². The van der Waals surface area contributed by atoms with Gasteiger partial charge >= 0.3 is 0 Å². The highest BCUT2D eigenvalue weighted by Crippen LogP contribution is 2.24. The molecule has 0 saturated carbocycles. The van der Waals surface area contributed by atoms with Gasteiger partial charge in [0.05, 0.1) is 19.8 Å². The molecule has 0 N–H and O–H groups in total. The Bertz CT molecular complexity index is 485. The number of ketones is 1. The first-order chi connectivity index (χ1) is 12.2. The van der Waals surface area contributed by atoms with Crippen molar-refractivity contribution in [1.82, 2.24) is 0 Å². The van der Waals surface area contributed by atoms with Gasteiger partial charge in [-0.1, -0.05) is 45.7 Å². The van der Waals surface area contributed by atoms with E-state index >= 15 is 0 Å². The normalized spacial score (nSPS) is 10.8. The van der Waals surface area contributed by atoms with Crippen molar-refractivity contribution >= 4 is 5.78 Å². The van der Waals surface area contributed by atoms with E-state index in [1.807, 2.05) is 18.2 Å². The fourth-order valence-corrected chi connectivity index (χ4v) is 2.58. The number of carbonyl (C=O) groups excluding carboxylic acids is 1. The predicted molar refractivity (Wildman–Crippen MR) is 102 cm³/mol. The molecule has 0 amide bonds. The number of hydrogen-bond donors (Lipinski definition) is 0. The molecule has 0 aromatic heterocycles. The summed E-state index contributed by atoms with van der Waals surface area (Å²) >= 11 is 0. The van der Waals surface area contributed by atoms with Crippen molar-refractivity contribution in [2.24, 2.45) is 0 Å². The second kappa shape index (κ2) is 13.9. The van der Waals surface area contributed by atoms with Crippen molar-refractivity contribution in [2.75, 3.05) is 33.0 Å². The van der Waals surface area contributed by atoms with Gasteiger partial charge in [-0.25, -0.2) is 0 Å². The maximum atomic E-state index is 12.4. The van der Waals surface area contributed by atoms with E-state index in [1.165, 1.54) is 0 Å². The Kier molecular flexibility index (Phi) is 12.0. The third-order valence-corrected chi connectivity index (χ3v) is 4.04. The molecule has 0 aliphatic heterocycles. The van der Waals surface area contributed by atoms with Crippen LogP contribution in [0.3, 0.4) is 0 Å². The summed E-state index contributed by atoms with van der Waals surface area (Å²) in [6.07, 6.45) is 5.60. The van der Waals surface area contributed by atoms with Gasteiger partial charge in [-0.2, -0.15) is 0 Å². The van der Waals surface area contributed by atoms with Crippen LogP contribution >= 0.6 is 0 Å². The smallest absolute Gasteiger partial charge is 0.163 e. The molecule has 0 heterocycles. The highest BCUT2D eigenvalue weighted by molar-refractivity contribution is 5.98. The maximum Gasteiger partial charge on any atom is 0.163 e. The Labute approximate surface area is 152 Å². The number of hydrogen-bond acceptors (Lipinski definition) is 4. The lowest BCUT2D eigenvalue weighted by molar-refractivity contribution is 0.0354. The molecule has 0 bridgehead atoms. The average molecular weight is 350 g/mol. The molecule has 0 spiro atoms. The number of carbonyl (C=O) groups is 1. The van der Waals surface area contributed by atoms with Crippen LogP contribution in [0, 0.1) is 0 Å². The number of benzene rings is 1. The first-order valence-corrected chi connectivity index (χ1v) is 9.67. The van der Waals surface area contributed by atoms with Gasteiger partial charge in [0.1, 0.15) is 12.4 Å². The Morgan fingerprint density at radius 3 is 2.24 bits per heavy atom. The minimum Gasteiger partial charge on any atom is -0.491 e. The third kappa shape index (κ3) is 8.50. The SMILES string of the molecule is CCCCOCCOCCOc1cccc(C(=O)CCCC)c1CC. The third-order valence-electron chi connectivity index (χ3n) is 4.04. The molecule has 4 nitrogen and oxygen atoms in total. The topological polar surface area (TPSA) is 44.8 Å². The first-order valence-electron chi connectivity index (χ1n) is 9.67. The lowest BCUT2D eigenvalue weighted by Gasteiger charge is -2.14. The summed E-state index contributed by atoms with van der Waals surface area (Å²) in [6.45, 7) is 9.32. The van der Waals surface area contributed by atoms with E-state index in [1.54, 1.807) is 0 Å². The van der Waals surface area contributed by atoms with Crippen LogP contribution in [0.15, 0.2) is 18.2 Å². The summed E-state index contributed by atoms with van der Waals surface area (Å²) in [5, 5.41) is 0. The molecule has 4 heteroatoms. The molecular weight excluding hydrogens is 316 g/mol. The van der Waals surface area contributed by atoms with Crippen molar-refractivity contribution in [1.29, 1.82) is 0 Å². The zero-order valence-corrected chi connectivity index (χ0v) is 16.1. The van der Waals surface area contributed by atoms with Crippen molar-refractivity contribution in [2.45, 2.75) is 59.3 Å². The Balaban J connectivity index is 2.39. The second-order valence-electron chi connectivity index (χ2n) is 6.09. The molecule has 0 unspecified atom stereocenters. The molecule has 142 valence electrons. The van der Waals surface area contributed by atoms with E-state index < -0.39 is 0 Å². The van der Waals surface area contributed by atoms with Gasteiger partial charge in [0, 0.05) is 24.2 Å². The van der Waals surface area contributed by atoms with Crippen LogP contribution in [0.5, 0.6) is 5.75 Å². The molecule has 1 aromatic carbocycles.